The van der Waals surface area contributed by atoms with Gasteiger partial charge in [0, 0.05) is 29.9 Å². The molecule has 1 heterocycles. The van der Waals surface area contributed by atoms with Gasteiger partial charge < -0.3 is 15.3 Å². The average molecular weight is 284 g/mol. The van der Waals surface area contributed by atoms with Crippen LogP contribution in [0.3, 0.4) is 0 Å². The first-order chi connectivity index (χ1) is 8.99. The number of hydrogen-bond acceptors (Lipinski definition) is 4. The predicted octanol–water partition coefficient (Wildman–Crippen LogP) is 2.32. The van der Waals surface area contributed by atoms with Crippen molar-refractivity contribution < 1.29 is 5.11 Å². The molecule has 1 aromatic rings. The molecule has 0 aliphatic rings. The normalized spacial score (nSPS) is 14.0. The summed E-state index contributed by atoms with van der Waals surface area (Å²) in [6.45, 7) is 13.0. The van der Waals surface area contributed by atoms with Crippen LogP contribution in [0, 0.1) is 0 Å². The minimum atomic E-state index is -0.293. The molecule has 3 nitrogen and oxygen atoms in total. The molecule has 0 fully saturated rings. The van der Waals surface area contributed by atoms with E-state index in [2.05, 4.69) is 55.4 Å². The van der Waals surface area contributed by atoms with E-state index in [9.17, 15) is 5.11 Å². The molecule has 0 spiro atoms. The third-order valence-corrected chi connectivity index (χ3v) is 4.73. The summed E-state index contributed by atoms with van der Waals surface area (Å²) in [5.74, 6) is 0. The van der Waals surface area contributed by atoms with Crippen molar-refractivity contribution in [3.8, 4) is 0 Å². The number of aliphatic hydroxyl groups excluding tert-OH is 1. The van der Waals surface area contributed by atoms with Gasteiger partial charge in [0.05, 0.1) is 6.10 Å². The fraction of sp³-hybridized carbons (Fsp3) is 0.733. The van der Waals surface area contributed by atoms with E-state index in [1.54, 1.807) is 11.3 Å². The zero-order valence-electron chi connectivity index (χ0n) is 12.6. The molecule has 0 aliphatic carbocycles. The van der Waals surface area contributed by atoms with Gasteiger partial charge in [-0.25, -0.2) is 0 Å². The Hall–Kier alpha value is -0.420. The van der Waals surface area contributed by atoms with E-state index in [1.165, 1.54) is 4.88 Å². The molecule has 0 aliphatic heterocycles. The van der Waals surface area contributed by atoms with Crippen LogP contribution in [0.4, 0.5) is 0 Å². The molecule has 1 atom stereocenters. The van der Waals surface area contributed by atoms with Crippen LogP contribution in [0.5, 0.6) is 0 Å². The van der Waals surface area contributed by atoms with E-state index in [1.807, 2.05) is 0 Å². The van der Waals surface area contributed by atoms with Crippen LogP contribution in [-0.2, 0) is 5.41 Å². The average Bonchev–Trinajstić information content (AvgIpc) is 2.90. The molecule has 2 N–H and O–H groups in total. The van der Waals surface area contributed by atoms with Gasteiger partial charge >= 0.3 is 0 Å². The lowest BCUT2D eigenvalue weighted by Crippen LogP contribution is -2.41. The molecule has 0 saturated heterocycles. The fourth-order valence-corrected chi connectivity index (χ4v) is 3.00. The van der Waals surface area contributed by atoms with Gasteiger partial charge in [0.15, 0.2) is 0 Å². The SMILES string of the molecule is CCN(CC)CC(O)CNCC(C)(C)c1cccs1. The van der Waals surface area contributed by atoms with E-state index >= 15 is 0 Å². The molecular formula is C15H28N2OS. The van der Waals surface area contributed by atoms with Gasteiger partial charge in [-0.15, -0.1) is 11.3 Å². The van der Waals surface area contributed by atoms with E-state index in [4.69, 9.17) is 0 Å². The molecule has 0 bridgehead atoms. The van der Waals surface area contributed by atoms with Crippen molar-refractivity contribution in [2.45, 2.75) is 39.2 Å². The number of nitrogens with one attached hydrogen (secondary N) is 1. The van der Waals surface area contributed by atoms with E-state index in [0.29, 0.717) is 6.54 Å². The van der Waals surface area contributed by atoms with Crippen molar-refractivity contribution in [2.75, 3.05) is 32.7 Å². The molecule has 0 radical (unpaired) electrons. The van der Waals surface area contributed by atoms with Gasteiger partial charge in [-0.05, 0) is 24.5 Å². The van der Waals surface area contributed by atoms with Crippen LogP contribution in [0.25, 0.3) is 0 Å². The summed E-state index contributed by atoms with van der Waals surface area (Å²) in [6.07, 6.45) is -0.293. The molecule has 110 valence electrons. The maximum Gasteiger partial charge on any atom is 0.0791 e. The first-order valence-corrected chi connectivity index (χ1v) is 8.02. The predicted molar refractivity (Wildman–Crippen MR) is 84.0 cm³/mol. The minimum Gasteiger partial charge on any atom is -0.390 e. The largest absolute Gasteiger partial charge is 0.390 e. The van der Waals surface area contributed by atoms with Gasteiger partial charge in [-0.1, -0.05) is 33.8 Å². The Balaban J connectivity index is 2.30. The van der Waals surface area contributed by atoms with Crippen LogP contribution < -0.4 is 5.32 Å². The Morgan fingerprint density at radius 1 is 1.37 bits per heavy atom. The summed E-state index contributed by atoms with van der Waals surface area (Å²) in [6, 6.07) is 4.27. The van der Waals surface area contributed by atoms with Gasteiger partial charge in [0.1, 0.15) is 0 Å². The minimum absolute atomic E-state index is 0.128. The molecule has 4 heteroatoms. The quantitative estimate of drug-likeness (QED) is 0.730. The maximum atomic E-state index is 10.0. The van der Waals surface area contributed by atoms with Crippen LogP contribution in [-0.4, -0.2) is 48.8 Å². The van der Waals surface area contributed by atoms with Gasteiger partial charge in [-0.2, -0.15) is 0 Å². The van der Waals surface area contributed by atoms with Crippen LogP contribution in [0.2, 0.25) is 0 Å². The van der Waals surface area contributed by atoms with Crippen molar-refractivity contribution in [1.29, 1.82) is 0 Å². The van der Waals surface area contributed by atoms with Crippen molar-refractivity contribution in [1.82, 2.24) is 10.2 Å². The van der Waals surface area contributed by atoms with Gasteiger partial charge in [-0.3, -0.25) is 0 Å². The van der Waals surface area contributed by atoms with Crippen LogP contribution >= 0.6 is 11.3 Å². The highest BCUT2D eigenvalue weighted by molar-refractivity contribution is 7.10. The van der Waals surface area contributed by atoms with Crippen LogP contribution in [0.15, 0.2) is 17.5 Å². The first-order valence-electron chi connectivity index (χ1n) is 7.14. The lowest BCUT2D eigenvalue weighted by molar-refractivity contribution is 0.115. The molecule has 0 aromatic carbocycles. The summed E-state index contributed by atoms with van der Waals surface area (Å²) < 4.78 is 0. The zero-order chi connectivity index (χ0) is 14.3. The summed E-state index contributed by atoms with van der Waals surface area (Å²) in [5.41, 5.74) is 0.128. The second-order valence-corrected chi connectivity index (χ2v) is 6.58. The maximum absolute atomic E-state index is 10.0. The first kappa shape index (κ1) is 16.6. The highest BCUT2D eigenvalue weighted by Crippen LogP contribution is 2.26. The van der Waals surface area contributed by atoms with Crippen molar-refractivity contribution >= 4 is 11.3 Å². The third kappa shape index (κ3) is 5.61. The molecular weight excluding hydrogens is 256 g/mol. The third-order valence-electron chi connectivity index (χ3n) is 3.50. The topological polar surface area (TPSA) is 35.5 Å². The molecule has 1 rings (SSSR count). The lowest BCUT2D eigenvalue weighted by Gasteiger charge is -2.26. The molecule has 0 saturated carbocycles. The molecule has 0 amide bonds. The summed E-state index contributed by atoms with van der Waals surface area (Å²) >= 11 is 1.80. The van der Waals surface area contributed by atoms with Gasteiger partial charge in [0.2, 0.25) is 0 Å². The number of aliphatic hydroxyl groups is 1. The van der Waals surface area contributed by atoms with Crippen LogP contribution in [0.1, 0.15) is 32.6 Å². The second kappa shape index (κ2) is 8.00. The van der Waals surface area contributed by atoms with E-state index in [-0.39, 0.29) is 11.5 Å². The monoisotopic (exact) mass is 284 g/mol. The summed E-state index contributed by atoms with van der Waals surface area (Å²) in [7, 11) is 0. The Bertz CT molecular complexity index is 334. The standard InChI is InChI=1S/C15H28N2OS/c1-5-17(6-2)11-13(18)10-16-12-15(3,4)14-8-7-9-19-14/h7-9,13,16,18H,5-6,10-12H2,1-4H3. The Kier molecular flexibility index (Phi) is 7.00. The van der Waals surface area contributed by atoms with Crippen molar-refractivity contribution in [2.24, 2.45) is 0 Å². The number of hydrogen-bond donors (Lipinski definition) is 2. The number of nitrogens with zero attached hydrogens (tertiary/aromatic N) is 1. The lowest BCUT2D eigenvalue weighted by atomic mass is 9.91. The fourth-order valence-electron chi connectivity index (χ4n) is 2.15. The molecule has 1 aromatic heterocycles. The van der Waals surface area contributed by atoms with Crippen molar-refractivity contribution in [3.05, 3.63) is 22.4 Å². The van der Waals surface area contributed by atoms with Crippen molar-refractivity contribution in [3.63, 3.8) is 0 Å². The highest BCUT2D eigenvalue weighted by Gasteiger charge is 2.21. The Morgan fingerprint density at radius 3 is 2.58 bits per heavy atom. The molecule has 19 heavy (non-hydrogen) atoms. The Morgan fingerprint density at radius 2 is 2.05 bits per heavy atom. The molecule has 1 unspecified atom stereocenters. The zero-order valence-corrected chi connectivity index (χ0v) is 13.5. The van der Waals surface area contributed by atoms with E-state index < -0.39 is 0 Å². The Labute approximate surface area is 121 Å². The number of rotatable bonds is 9. The second-order valence-electron chi connectivity index (χ2n) is 5.63. The number of thiophene rings is 1. The van der Waals surface area contributed by atoms with Gasteiger partial charge in [0.25, 0.3) is 0 Å². The number of likely N-dealkylation sites (N-methyl/N-ethyl adjacent to an activating group) is 1. The summed E-state index contributed by atoms with van der Waals surface area (Å²) in [5, 5.41) is 15.5. The summed E-state index contributed by atoms with van der Waals surface area (Å²) in [4.78, 5) is 3.63. The highest BCUT2D eigenvalue weighted by atomic mass is 32.1. The smallest absolute Gasteiger partial charge is 0.0791 e. The van der Waals surface area contributed by atoms with E-state index in [0.717, 1.165) is 26.2 Å².